The molecule has 0 spiro atoms. The second-order valence-corrected chi connectivity index (χ2v) is 5.55. The number of ether oxygens (including phenoxy) is 1. The van der Waals surface area contributed by atoms with Crippen LogP contribution in [0.5, 0.6) is 5.75 Å². The van der Waals surface area contributed by atoms with Crippen LogP contribution in [-0.2, 0) is 0 Å². The lowest BCUT2D eigenvalue weighted by Gasteiger charge is -2.30. The van der Waals surface area contributed by atoms with Gasteiger partial charge in [-0.1, -0.05) is 37.8 Å². The Balaban J connectivity index is 1.93. The summed E-state index contributed by atoms with van der Waals surface area (Å²) in [5.74, 6) is 0.915. The summed E-state index contributed by atoms with van der Waals surface area (Å²) in [6, 6.07) is 5.79. The summed E-state index contributed by atoms with van der Waals surface area (Å²) in [4.78, 5) is 0. The van der Waals surface area contributed by atoms with Crippen LogP contribution >= 0.6 is 11.6 Å². The second-order valence-electron chi connectivity index (χ2n) is 5.11. The van der Waals surface area contributed by atoms with Gasteiger partial charge in [0.25, 0.3) is 0 Å². The maximum absolute atomic E-state index is 6.20. The SMILES string of the molecule is CCCCCCC1C[C@H](N)c2cc(Cl)ccc2O1. The summed E-state index contributed by atoms with van der Waals surface area (Å²) in [7, 11) is 0. The minimum absolute atomic E-state index is 0.0589. The fraction of sp³-hybridized carbons (Fsp3) is 0.600. The summed E-state index contributed by atoms with van der Waals surface area (Å²) >= 11 is 5.99. The molecule has 0 fully saturated rings. The van der Waals surface area contributed by atoms with Crippen molar-refractivity contribution in [3.8, 4) is 5.75 Å². The lowest BCUT2D eigenvalue weighted by atomic mass is 9.94. The minimum Gasteiger partial charge on any atom is -0.490 e. The molecule has 0 saturated heterocycles. The van der Waals surface area contributed by atoms with Crippen molar-refractivity contribution in [3.05, 3.63) is 28.8 Å². The van der Waals surface area contributed by atoms with Gasteiger partial charge < -0.3 is 10.5 Å². The maximum Gasteiger partial charge on any atom is 0.124 e. The van der Waals surface area contributed by atoms with E-state index in [1.54, 1.807) is 0 Å². The summed E-state index contributed by atoms with van der Waals surface area (Å²) in [5.41, 5.74) is 7.25. The highest BCUT2D eigenvalue weighted by Gasteiger charge is 2.25. The van der Waals surface area contributed by atoms with Crippen LogP contribution in [0.15, 0.2) is 18.2 Å². The molecular weight excluding hydrogens is 246 g/mol. The molecule has 0 saturated carbocycles. The van der Waals surface area contributed by atoms with Crippen molar-refractivity contribution in [2.24, 2.45) is 5.73 Å². The summed E-state index contributed by atoms with van der Waals surface area (Å²) in [6.45, 7) is 2.23. The summed E-state index contributed by atoms with van der Waals surface area (Å²) in [5, 5.41) is 0.731. The molecule has 1 aromatic rings. The van der Waals surface area contributed by atoms with E-state index in [1.165, 1.54) is 25.7 Å². The zero-order chi connectivity index (χ0) is 13.0. The molecule has 3 heteroatoms. The first-order valence-corrected chi connectivity index (χ1v) is 7.30. The number of fused-ring (bicyclic) bond motifs is 1. The third kappa shape index (κ3) is 3.39. The van der Waals surface area contributed by atoms with Gasteiger partial charge in [0.1, 0.15) is 11.9 Å². The van der Waals surface area contributed by atoms with E-state index in [0.29, 0.717) is 0 Å². The first kappa shape index (κ1) is 13.7. The number of hydrogen-bond donors (Lipinski definition) is 1. The molecule has 0 aliphatic carbocycles. The Labute approximate surface area is 114 Å². The van der Waals surface area contributed by atoms with Gasteiger partial charge in [-0.2, -0.15) is 0 Å². The van der Waals surface area contributed by atoms with E-state index in [9.17, 15) is 0 Å². The number of nitrogens with two attached hydrogens (primary N) is 1. The third-order valence-electron chi connectivity index (χ3n) is 3.56. The molecule has 100 valence electrons. The van der Waals surface area contributed by atoms with Crippen LogP contribution in [0.3, 0.4) is 0 Å². The number of benzene rings is 1. The molecule has 2 N–H and O–H groups in total. The van der Waals surface area contributed by atoms with Gasteiger partial charge in [-0.15, -0.1) is 0 Å². The van der Waals surface area contributed by atoms with Crippen LogP contribution < -0.4 is 10.5 Å². The smallest absolute Gasteiger partial charge is 0.124 e. The van der Waals surface area contributed by atoms with Crippen molar-refractivity contribution in [2.45, 2.75) is 57.6 Å². The zero-order valence-corrected chi connectivity index (χ0v) is 11.7. The molecular formula is C15H22ClNO. The van der Waals surface area contributed by atoms with E-state index in [1.807, 2.05) is 18.2 Å². The van der Waals surface area contributed by atoms with Gasteiger partial charge in [-0.3, -0.25) is 0 Å². The molecule has 0 aromatic heterocycles. The second kappa shape index (κ2) is 6.44. The summed E-state index contributed by atoms with van der Waals surface area (Å²) < 4.78 is 6.00. The number of halogens is 1. The van der Waals surface area contributed by atoms with Crippen molar-refractivity contribution >= 4 is 11.6 Å². The monoisotopic (exact) mass is 267 g/mol. The zero-order valence-electron chi connectivity index (χ0n) is 11.0. The van der Waals surface area contributed by atoms with Gasteiger partial charge >= 0.3 is 0 Å². The first-order chi connectivity index (χ1) is 8.70. The predicted octanol–water partition coefficient (Wildman–Crippen LogP) is 4.46. The van der Waals surface area contributed by atoms with Gasteiger partial charge in [0.15, 0.2) is 0 Å². The summed E-state index contributed by atoms with van der Waals surface area (Å²) in [6.07, 6.45) is 7.38. The van der Waals surface area contributed by atoms with Gasteiger partial charge in [0.05, 0.1) is 0 Å². The molecule has 18 heavy (non-hydrogen) atoms. The van der Waals surface area contributed by atoms with Crippen LogP contribution in [0.25, 0.3) is 0 Å². The Morgan fingerprint density at radius 1 is 1.33 bits per heavy atom. The van der Waals surface area contributed by atoms with Gasteiger partial charge in [-0.05, 0) is 31.0 Å². The number of unbranched alkanes of at least 4 members (excludes halogenated alkanes) is 3. The molecule has 0 radical (unpaired) electrons. The normalized spacial score (nSPS) is 22.4. The standard InChI is InChI=1S/C15H22ClNO/c1-2-3-4-5-6-12-10-14(17)13-9-11(16)7-8-15(13)18-12/h7-9,12,14H,2-6,10,17H2,1H3/t12?,14-/m0/s1. The molecule has 1 aliphatic heterocycles. The fourth-order valence-corrected chi connectivity index (χ4v) is 2.71. The van der Waals surface area contributed by atoms with Crippen LogP contribution in [0.4, 0.5) is 0 Å². The average Bonchev–Trinajstić information content (AvgIpc) is 2.36. The first-order valence-electron chi connectivity index (χ1n) is 6.92. The van der Waals surface area contributed by atoms with Crippen LogP contribution in [0, 0.1) is 0 Å². The van der Waals surface area contributed by atoms with E-state index < -0.39 is 0 Å². The third-order valence-corrected chi connectivity index (χ3v) is 3.80. The molecule has 1 aromatic carbocycles. The van der Waals surface area contributed by atoms with Crippen molar-refractivity contribution < 1.29 is 4.74 Å². The maximum atomic E-state index is 6.20. The highest BCUT2D eigenvalue weighted by atomic mass is 35.5. The average molecular weight is 268 g/mol. The largest absolute Gasteiger partial charge is 0.490 e. The molecule has 1 unspecified atom stereocenters. The minimum atomic E-state index is 0.0589. The highest BCUT2D eigenvalue weighted by molar-refractivity contribution is 6.30. The van der Waals surface area contributed by atoms with Crippen LogP contribution in [0.1, 0.15) is 57.1 Å². The highest BCUT2D eigenvalue weighted by Crippen LogP contribution is 2.36. The van der Waals surface area contributed by atoms with E-state index in [2.05, 4.69) is 6.92 Å². The molecule has 2 rings (SSSR count). The predicted molar refractivity (Wildman–Crippen MR) is 76.2 cm³/mol. The molecule has 0 bridgehead atoms. The topological polar surface area (TPSA) is 35.2 Å². The molecule has 2 nitrogen and oxygen atoms in total. The molecule has 2 atom stereocenters. The lowest BCUT2D eigenvalue weighted by Crippen LogP contribution is -2.29. The van der Waals surface area contributed by atoms with E-state index >= 15 is 0 Å². The van der Waals surface area contributed by atoms with Gasteiger partial charge in [0.2, 0.25) is 0 Å². The Hall–Kier alpha value is -0.730. The van der Waals surface area contributed by atoms with E-state index in [4.69, 9.17) is 22.1 Å². The quantitative estimate of drug-likeness (QED) is 0.800. The molecule has 1 aliphatic rings. The van der Waals surface area contributed by atoms with Gasteiger partial charge in [-0.25, -0.2) is 0 Å². The Kier molecular flexibility index (Phi) is 4.90. The van der Waals surface area contributed by atoms with E-state index in [0.717, 1.165) is 29.2 Å². The fourth-order valence-electron chi connectivity index (χ4n) is 2.53. The van der Waals surface area contributed by atoms with Crippen LogP contribution in [0.2, 0.25) is 5.02 Å². The Bertz CT molecular complexity index is 394. The molecule has 1 heterocycles. The van der Waals surface area contributed by atoms with Crippen LogP contribution in [-0.4, -0.2) is 6.10 Å². The van der Waals surface area contributed by atoms with Crippen molar-refractivity contribution in [2.75, 3.05) is 0 Å². The van der Waals surface area contributed by atoms with Crippen molar-refractivity contribution in [1.82, 2.24) is 0 Å². The van der Waals surface area contributed by atoms with Crippen molar-refractivity contribution in [3.63, 3.8) is 0 Å². The van der Waals surface area contributed by atoms with Crippen molar-refractivity contribution in [1.29, 1.82) is 0 Å². The lowest BCUT2D eigenvalue weighted by molar-refractivity contribution is 0.146. The Morgan fingerprint density at radius 2 is 2.17 bits per heavy atom. The Morgan fingerprint density at radius 3 is 2.94 bits per heavy atom. The number of hydrogen-bond acceptors (Lipinski definition) is 2. The van der Waals surface area contributed by atoms with E-state index in [-0.39, 0.29) is 12.1 Å². The molecule has 0 amide bonds. The number of rotatable bonds is 5. The van der Waals surface area contributed by atoms with Gasteiger partial charge in [0, 0.05) is 23.0 Å².